The first kappa shape index (κ1) is 18.3. The fraction of sp³-hybridized carbons (Fsp3) is 0.600. The lowest BCUT2D eigenvalue weighted by atomic mass is 10.1. The van der Waals surface area contributed by atoms with Gasteiger partial charge in [0.15, 0.2) is 0 Å². The van der Waals surface area contributed by atoms with Crippen LogP contribution in [-0.2, 0) is 9.53 Å². The molecule has 7 heteroatoms. The summed E-state index contributed by atoms with van der Waals surface area (Å²) in [5.74, 6) is 0.155. The summed E-state index contributed by atoms with van der Waals surface area (Å²) < 4.78 is 5.44. The van der Waals surface area contributed by atoms with Gasteiger partial charge in [0, 0.05) is 69.8 Å². The van der Waals surface area contributed by atoms with Gasteiger partial charge in [0.05, 0.1) is 0 Å². The summed E-state index contributed by atoms with van der Waals surface area (Å²) in [4.78, 5) is 30.7. The summed E-state index contributed by atoms with van der Waals surface area (Å²) in [5.41, 5.74) is 1.60. The molecule has 7 nitrogen and oxygen atoms in total. The highest BCUT2D eigenvalue weighted by Crippen LogP contribution is 2.24. The minimum Gasteiger partial charge on any atom is -0.381 e. The molecule has 0 atom stereocenters. The van der Waals surface area contributed by atoms with E-state index >= 15 is 0 Å². The predicted molar refractivity (Wildman–Crippen MR) is 104 cm³/mol. The van der Waals surface area contributed by atoms with Gasteiger partial charge in [0.2, 0.25) is 5.91 Å². The van der Waals surface area contributed by atoms with Gasteiger partial charge < -0.3 is 19.9 Å². The largest absolute Gasteiger partial charge is 0.381 e. The molecule has 3 aliphatic heterocycles. The Labute approximate surface area is 160 Å². The molecule has 1 N–H and O–H groups in total. The van der Waals surface area contributed by atoms with Crippen molar-refractivity contribution < 1.29 is 14.3 Å². The predicted octanol–water partition coefficient (Wildman–Crippen LogP) is 2.14. The molecule has 0 aromatic heterocycles. The van der Waals surface area contributed by atoms with Gasteiger partial charge in [0.25, 0.3) is 0 Å². The van der Waals surface area contributed by atoms with Crippen molar-refractivity contribution in [2.45, 2.75) is 31.7 Å². The Morgan fingerprint density at radius 2 is 1.85 bits per heavy atom. The van der Waals surface area contributed by atoms with E-state index in [-0.39, 0.29) is 11.9 Å². The number of amides is 3. The number of rotatable bonds is 3. The fourth-order valence-electron chi connectivity index (χ4n) is 4.22. The second kappa shape index (κ2) is 8.27. The first-order valence-corrected chi connectivity index (χ1v) is 9.99. The molecule has 0 aliphatic carbocycles. The summed E-state index contributed by atoms with van der Waals surface area (Å²) >= 11 is 0. The minimum atomic E-state index is -0.0634. The quantitative estimate of drug-likeness (QED) is 0.883. The van der Waals surface area contributed by atoms with E-state index in [1.807, 2.05) is 29.2 Å². The Kier molecular flexibility index (Phi) is 5.59. The number of benzene rings is 1. The van der Waals surface area contributed by atoms with Crippen molar-refractivity contribution in [3.8, 4) is 0 Å². The molecule has 3 fully saturated rings. The van der Waals surface area contributed by atoms with Crippen LogP contribution < -0.4 is 10.2 Å². The first-order valence-electron chi connectivity index (χ1n) is 9.99. The molecular formula is C20H28N4O3. The molecule has 27 heavy (non-hydrogen) atoms. The van der Waals surface area contributed by atoms with Crippen LogP contribution in [0.15, 0.2) is 24.3 Å². The van der Waals surface area contributed by atoms with E-state index < -0.39 is 0 Å². The van der Waals surface area contributed by atoms with Crippen LogP contribution in [0, 0.1) is 0 Å². The Morgan fingerprint density at radius 1 is 1.07 bits per heavy atom. The number of nitrogens with one attached hydrogen (secondary N) is 1. The van der Waals surface area contributed by atoms with Crippen molar-refractivity contribution in [2.24, 2.45) is 0 Å². The van der Waals surface area contributed by atoms with Crippen LogP contribution in [-0.4, -0.2) is 73.7 Å². The van der Waals surface area contributed by atoms with Crippen molar-refractivity contribution in [1.29, 1.82) is 0 Å². The van der Waals surface area contributed by atoms with Crippen LogP contribution in [0.25, 0.3) is 0 Å². The van der Waals surface area contributed by atoms with E-state index in [0.29, 0.717) is 12.5 Å². The molecule has 0 radical (unpaired) electrons. The molecule has 146 valence electrons. The van der Waals surface area contributed by atoms with Crippen LogP contribution in [0.3, 0.4) is 0 Å². The van der Waals surface area contributed by atoms with Crippen molar-refractivity contribution >= 4 is 23.3 Å². The summed E-state index contributed by atoms with van der Waals surface area (Å²) in [5, 5.41) is 3.00. The first-order chi connectivity index (χ1) is 13.2. The summed E-state index contributed by atoms with van der Waals surface area (Å²) in [6, 6.07) is 8.11. The minimum absolute atomic E-state index is 0.0634. The molecule has 0 unspecified atom stereocenters. The Morgan fingerprint density at radius 3 is 2.56 bits per heavy atom. The SMILES string of the molecule is O=C(Nc1cccc(N2CCCC2=O)c1)N1CCN(C2CCOCC2)CC1. The number of carbonyl (C=O) groups is 2. The maximum absolute atomic E-state index is 12.6. The number of urea groups is 1. The third-order valence-electron chi connectivity index (χ3n) is 5.79. The van der Waals surface area contributed by atoms with Gasteiger partial charge in [0.1, 0.15) is 0 Å². The number of hydrogen-bond acceptors (Lipinski definition) is 4. The van der Waals surface area contributed by atoms with Gasteiger partial charge in [-0.25, -0.2) is 4.79 Å². The molecule has 3 saturated heterocycles. The molecule has 0 saturated carbocycles. The van der Waals surface area contributed by atoms with Crippen molar-refractivity contribution in [3.63, 3.8) is 0 Å². The average Bonchev–Trinajstić information content (AvgIpc) is 3.15. The van der Waals surface area contributed by atoms with Gasteiger partial charge in [-0.15, -0.1) is 0 Å². The van der Waals surface area contributed by atoms with Crippen molar-refractivity contribution in [2.75, 3.05) is 56.2 Å². The van der Waals surface area contributed by atoms with Crippen LogP contribution in [0.4, 0.5) is 16.2 Å². The molecule has 3 heterocycles. The van der Waals surface area contributed by atoms with E-state index in [1.54, 1.807) is 4.90 Å². The number of hydrogen-bond donors (Lipinski definition) is 1. The maximum atomic E-state index is 12.6. The molecule has 3 amide bonds. The van der Waals surface area contributed by atoms with Crippen LogP contribution >= 0.6 is 0 Å². The smallest absolute Gasteiger partial charge is 0.321 e. The van der Waals surface area contributed by atoms with E-state index in [2.05, 4.69) is 10.2 Å². The highest BCUT2D eigenvalue weighted by molar-refractivity contribution is 5.96. The second-order valence-corrected chi connectivity index (χ2v) is 7.50. The van der Waals surface area contributed by atoms with Crippen molar-refractivity contribution in [3.05, 3.63) is 24.3 Å². The second-order valence-electron chi connectivity index (χ2n) is 7.50. The van der Waals surface area contributed by atoms with Gasteiger partial charge in [-0.3, -0.25) is 9.69 Å². The zero-order chi connectivity index (χ0) is 18.6. The molecular weight excluding hydrogens is 344 g/mol. The third kappa shape index (κ3) is 4.25. The standard InChI is InChI=1S/C20H28N4O3/c25-19-5-2-8-24(19)18-4-1-3-16(15-18)21-20(26)23-11-9-22(10-12-23)17-6-13-27-14-7-17/h1,3-4,15,17H,2,5-14H2,(H,21,26). The number of anilines is 2. The zero-order valence-electron chi connectivity index (χ0n) is 15.7. The highest BCUT2D eigenvalue weighted by atomic mass is 16.5. The van der Waals surface area contributed by atoms with Crippen LogP contribution in [0.5, 0.6) is 0 Å². The lowest BCUT2D eigenvalue weighted by Crippen LogP contribution is -2.53. The number of nitrogens with zero attached hydrogens (tertiary/aromatic N) is 3. The number of piperazine rings is 1. The summed E-state index contributed by atoms with van der Waals surface area (Å²) in [6.07, 6.45) is 3.68. The van der Waals surface area contributed by atoms with Crippen molar-refractivity contribution in [1.82, 2.24) is 9.80 Å². The van der Waals surface area contributed by atoms with Gasteiger partial charge >= 0.3 is 6.03 Å². The van der Waals surface area contributed by atoms with E-state index in [0.717, 1.165) is 76.6 Å². The highest BCUT2D eigenvalue weighted by Gasteiger charge is 2.27. The normalized spacial score (nSPS) is 22.3. The zero-order valence-corrected chi connectivity index (χ0v) is 15.7. The van der Waals surface area contributed by atoms with Crippen LogP contribution in [0.1, 0.15) is 25.7 Å². The summed E-state index contributed by atoms with van der Waals surface area (Å²) in [6.45, 7) is 5.77. The molecule has 4 rings (SSSR count). The van der Waals surface area contributed by atoms with E-state index in [9.17, 15) is 9.59 Å². The molecule has 3 aliphatic rings. The fourth-order valence-corrected chi connectivity index (χ4v) is 4.22. The topological polar surface area (TPSA) is 65.1 Å². The Bertz CT molecular complexity index is 682. The Hall–Kier alpha value is -2.12. The van der Waals surface area contributed by atoms with E-state index in [4.69, 9.17) is 4.74 Å². The average molecular weight is 372 g/mol. The molecule has 0 spiro atoms. The molecule has 1 aromatic carbocycles. The monoisotopic (exact) mass is 372 g/mol. The number of carbonyl (C=O) groups excluding carboxylic acids is 2. The van der Waals surface area contributed by atoms with Gasteiger partial charge in [-0.2, -0.15) is 0 Å². The molecule has 0 bridgehead atoms. The lowest BCUT2D eigenvalue weighted by molar-refractivity contribution is -0.117. The van der Waals surface area contributed by atoms with Gasteiger partial charge in [-0.1, -0.05) is 6.07 Å². The number of ether oxygens (including phenoxy) is 1. The Balaban J connectivity index is 1.31. The summed E-state index contributed by atoms with van der Waals surface area (Å²) in [7, 11) is 0. The van der Waals surface area contributed by atoms with E-state index in [1.165, 1.54) is 0 Å². The molecule has 1 aromatic rings. The van der Waals surface area contributed by atoms with Crippen LogP contribution in [0.2, 0.25) is 0 Å². The third-order valence-corrected chi connectivity index (χ3v) is 5.79. The lowest BCUT2D eigenvalue weighted by Gasteiger charge is -2.40. The maximum Gasteiger partial charge on any atom is 0.321 e. The van der Waals surface area contributed by atoms with Gasteiger partial charge in [-0.05, 0) is 37.5 Å².